The standard InChI is InChI=1S/C16H22N2O/c1-4-9-18(12(2)3)16-14(11-19)10-13-7-5-6-8-15(13)17-16/h5-8,10,12,19H,4,9,11H2,1-3H3. The Morgan fingerprint density at radius 3 is 2.63 bits per heavy atom. The first kappa shape index (κ1) is 13.8. The molecule has 0 unspecified atom stereocenters. The summed E-state index contributed by atoms with van der Waals surface area (Å²) in [5.74, 6) is 0.915. The zero-order chi connectivity index (χ0) is 13.8. The maximum atomic E-state index is 9.61. The largest absolute Gasteiger partial charge is 0.392 e. The van der Waals surface area contributed by atoms with Crippen molar-refractivity contribution < 1.29 is 5.11 Å². The number of aliphatic hydroxyl groups is 1. The number of rotatable bonds is 5. The molecule has 0 radical (unpaired) electrons. The molecule has 0 aliphatic heterocycles. The first-order valence-electron chi connectivity index (χ1n) is 6.93. The minimum atomic E-state index is 0.0279. The molecule has 0 fully saturated rings. The summed E-state index contributed by atoms with van der Waals surface area (Å²) in [6, 6.07) is 10.5. The van der Waals surface area contributed by atoms with Crippen molar-refractivity contribution in [2.75, 3.05) is 11.4 Å². The fraction of sp³-hybridized carbons (Fsp3) is 0.438. The lowest BCUT2D eigenvalue weighted by atomic mass is 10.1. The van der Waals surface area contributed by atoms with Crippen LogP contribution in [0.3, 0.4) is 0 Å². The van der Waals surface area contributed by atoms with E-state index in [-0.39, 0.29) is 6.61 Å². The fourth-order valence-electron chi connectivity index (χ4n) is 2.36. The van der Waals surface area contributed by atoms with Gasteiger partial charge in [0, 0.05) is 23.5 Å². The highest BCUT2D eigenvalue weighted by Crippen LogP contribution is 2.25. The molecule has 19 heavy (non-hydrogen) atoms. The Morgan fingerprint density at radius 1 is 1.26 bits per heavy atom. The Labute approximate surface area is 114 Å². The number of aliphatic hydroxyl groups excluding tert-OH is 1. The van der Waals surface area contributed by atoms with Gasteiger partial charge in [-0.15, -0.1) is 0 Å². The van der Waals surface area contributed by atoms with Gasteiger partial charge in [-0.3, -0.25) is 0 Å². The van der Waals surface area contributed by atoms with Crippen LogP contribution in [0.1, 0.15) is 32.8 Å². The van der Waals surface area contributed by atoms with Crippen LogP contribution in [0.25, 0.3) is 10.9 Å². The molecule has 0 saturated heterocycles. The minimum Gasteiger partial charge on any atom is -0.392 e. The number of fused-ring (bicyclic) bond motifs is 1. The van der Waals surface area contributed by atoms with Crippen LogP contribution >= 0.6 is 0 Å². The zero-order valence-corrected chi connectivity index (χ0v) is 11.9. The van der Waals surface area contributed by atoms with Gasteiger partial charge in [0.05, 0.1) is 12.1 Å². The number of benzene rings is 1. The van der Waals surface area contributed by atoms with Gasteiger partial charge in [0.1, 0.15) is 5.82 Å². The Balaban J connectivity index is 2.55. The third-order valence-electron chi connectivity index (χ3n) is 3.31. The van der Waals surface area contributed by atoms with Crippen molar-refractivity contribution in [3.8, 4) is 0 Å². The van der Waals surface area contributed by atoms with Crippen LogP contribution in [-0.4, -0.2) is 22.7 Å². The number of hydrogen-bond donors (Lipinski definition) is 1. The molecule has 2 aromatic rings. The third-order valence-corrected chi connectivity index (χ3v) is 3.31. The number of hydrogen-bond acceptors (Lipinski definition) is 3. The van der Waals surface area contributed by atoms with Gasteiger partial charge >= 0.3 is 0 Å². The Bertz CT molecular complexity index is 551. The van der Waals surface area contributed by atoms with Crippen molar-refractivity contribution in [3.05, 3.63) is 35.9 Å². The lowest BCUT2D eigenvalue weighted by Gasteiger charge is -2.29. The molecule has 2 rings (SSSR count). The summed E-state index contributed by atoms with van der Waals surface area (Å²) in [5, 5.41) is 10.7. The molecule has 0 amide bonds. The third kappa shape index (κ3) is 2.87. The molecule has 1 heterocycles. The van der Waals surface area contributed by atoms with Gasteiger partial charge in [-0.2, -0.15) is 0 Å². The van der Waals surface area contributed by atoms with E-state index in [1.165, 1.54) is 0 Å². The summed E-state index contributed by atoms with van der Waals surface area (Å²) in [4.78, 5) is 7.01. The van der Waals surface area contributed by atoms with E-state index in [9.17, 15) is 5.11 Å². The molecule has 0 bridgehead atoms. The maximum absolute atomic E-state index is 9.61. The molecule has 3 heteroatoms. The summed E-state index contributed by atoms with van der Waals surface area (Å²) >= 11 is 0. The number of pyridine rings is 1. The van der Waals surface area contributed by atoms with E-state index < -0.39 is 0 Å². The molecule has 3 nitrogen and oxygen atoms in total. The number of para-hydroxylation sites is 1. The van der Waals surface area contributed by atoms with Gasteiger partial charge in [0.25, 0.3) is 0 Å². The number of nitrogens with zero attached hydrogens (tertiary/aromatic N) is 2. The van der Waals surface area contributed by atoms with Crippen molar-refractivity contribution in [1.82, 2.24) is 4.98 Å². The fourth-order valence-corrected chi connectivity index (χ4v) is 2.36. The van der Waals surface area contributed by atoms with Gasteiger partial charge in [-0.25, -0.2) is 4.98 Å². The lowest BCUT2D eigenvalue weighted by Crippen LogP contribution is -2.33. The molecule has 1 aromatic carbocycles. The average molecular weight is 258 g/mol. The molecule has 1 N–H and O–H groups in total. The summed E-state index contributed by atoms with van der Waals surface area (Å²) in [6.07, 6.45) is 1.07. The van der Waals surface area contributed by atoms with Crippen LogP contribution in [0, 0.1) is 0 Å². The van der Waals surface area contributed by atoms with Crippen LogP contribution in [0.2, 0.25) is 0 Å². The van der Waals surface area contributed by atoms with Crippen LogP contribution in [-0.2, 0) is 6.61 Å². The van der Waals surface area contributed by atoms with Gasteiger partial charge in [0.15, 0.2) is 0 Å². The molecule has 1 aromatic heterocycles. The second kappa shape index (κ2) is 6.02. The first-order chi connectivity index (χ1) is 9.17. The predicted octanol–water partition coefficient (Wildman–Crippen LogP) is 3.35. The Hall–Kier alpha value is -1.61. The predicted molar refractivity (Wildman–Crippen MR) is 80.4 cm³/mol. The van der Waals surface area contributed by atoms with E-state index in [0.29, 0.717) is 6.04 Å². The molecule has 0 atom stereocenters. The van der Waals surface area contributed by atoms with E-state index in [0.717, 1.165) is 35.2 Å². The minimum absolute atomic E-state index is 0.0279. The van der Waals surface area contributed by atoms with E-state index in [2.05, 4.69) is 25.7 Å². The van der Waals surface area contributed by atoms with Crippen LogP contribution in [0.5, 0.6) is 0 Å². The van der Waals surface area contributed by atoms with Gasteiger partial charge < -0.3 is 10.0 Å². The summed E-state index contributed by atoms with van der Waals surface area (Å²) in [7, 11) is 0. The number of anilines is 1. The highest BCUT2D eigenvalue weighted by atomic mass is 16.3. The van der Waals surface area contributed by atoms with E-state index in [1.807, 2.05) is 30.3 Å². The first-order valence-corrected chi connectivity index (χ1v) is 6.93. The second-order valence-corrected chi connectivity index (χ2v) is 5.11. The van der Waals surface area contributed by atoms with Crippen molar-refractivity contribution in [2.45, 2.75) is 39.8 Å². The molecule has 0 aliphatic carbocycles. The average Bonchev–Trinajstić information content (AvgIpc) is 2.43. The molecular weight excluding hydrogens is 236 g/mol. The maximum Gasteiger partial charge on any atom is 0.135 e. The summed E-state index contributed by atoms with van der Waals surface area (Å²) < 4.78 is 0. The Morgan fingerprint density at radius 2 is 2.00 bits per heavy atom. The molecule has 102 valence electrons. The van der Waals surface area contributed by atoms with Gasteiger partial charge in [-0.05, 0) is 32.4 Å². The van der Waals surface area contributed by atoms with Crippen molar-refractivity contribution >= 4 is 16.7 Å². The summed E-state index contributed by atoms with van der Waals surface area (Å²) in [6.45, 7) is 7.46. The lowest BCUT2D eigenvalue weighted by molar-refractivity contribution is 0.281. The van der Waals surface area contributed by atoms with Crippen LogP contribution in [0.15, 0.2) is 30.3 Å². The smallest absolute Gasteiger partial charge is 0.135 e. The molecule has 0 spiro atoms. The molecular formula is C16H22N2O. The second-order valence-electron chi connectivity index (χ2n) is 5.11. The normalized spacial score (nSPS) is 11.2. The van der Waals surface area contributed by atoms with Crippen LogP contribution < -0.4 is 4.90 Å². The Kier molecular flexibility index (Phi) is 4.38. The van der Waals surface area contributed by atoms with E-state index >= 15 is 0 Å². The van der Waals surface area contributed by atoms with Crippen molar-refractivity contribution in [2.24, 2.45) is 0 Å². The number of aromatic nitrogens is 1. The SMILES string of the molecule is CCCN(c1nc2ccccc2cc1CO)C(C)C. The summed E-state index contributed by atoms with van der Waals surface area (Å²) in [5.41, 5.74) is 1.89. The molecule has 0 saturated carbocycles. The van der Waals surface area contributed by atoms with Gasteiger partial charge in [-0.1, -0.05) is 25.1 Å². The van der Waals surface area contributed by atoms with Gasteiger partial charge in [0.2, 0.25) is 0 Å². The van der Waals surface area contributed by atoms with E-state index in [4.69, 9.17) is 4.98 Å². The zero-order valence-electron chi connectivity index (χ0n) is 11.9. The van der Waals surface area contributed by atoms with Crippen LogP contribution in [0.4, 0.5) is 5.82 Å². The van der Waals surface area contributed by atoms with E-state index in [1.54, 1.807) is 0 Å². The van der Waals surface area contributed by atoms with Crippen molar-refractivity contribution in [3.63, 3.8) is 0 Å². The monoisotopic (exact) mass is 258 g/mol. The molecule has 0 aliphatic rings. The topological polar surface area (TPSA) is 36.4 Å². The van der Waals surface area contributed by atoms with Crippen molar-refractivity contribution in [1.29, 1.82) is 0 Å². The quantitative estimate of drug-likeness (QED) is 0.893. The highest BCUT2D eigenvalue weighted by Gasteiger charge is 2.16. The highest BCUT2D eigenvalue weighted by molar-refractivity contribution is 5.81.